The zero-order valence-electron chi connectivity index (χ0n) is 15.2. The molecule has 0 spiro atoms. The summed E-state index contributed by atoms with van der Waals surface area (Å²) in [6, 6.07) is 9.47. The van der Waals surface area contributed by atoms with Crippen molar-refractivity contribution in [3.05, 3.63) is 48.0 Å². The van der Waals surface area contributed by atoms with E-state index in [2.05, 4.69) is 20.5 Å². The number of aromatic nitrogens is 4. The van der Waals surface area contributed by atoms with Gasteiger partial charge in [0.15, 0.2) is 0 Å². The minimum absolute atomic E-state index is 0.0943. The number of para-hydroxylation sites is 2. The Morgan fingerprint density at radius 1 is 1.37 bits per heavy atom. The van der Waals surface area contributed by atoms with Gasteiger partial charge >= 0.3 is 0 Å². The van der Waals surface area contributed by atoms with Crippen LogP contribution in [0.4, 0.5) is 0 Å². The third-order valence-corrected chi connectivity index (χ3v) is 4.77. The molecule has 2 N–H and O–H groups in total. The number of fused-ring (bicyclic) bond motifs is 1. The molecule has 1 saturated heterocycles. The number of nitrogens with zero attached hydrogens (tertiary/aromatic N) is 4. The van der Waals surface area contributed by atoms with E-state index < -0.39 is 0 Å². The number of amides is 2. The first-order chi connectivity index (χ1) is 13.1. The van der Waals surface area contributed by atoms with E-state index in [-0.39, 0.29) is 17.9 Å². The van der Waals surface area contributed by atoms with Gasteiger partial charge in [-0.2, -0.15) is 5.10 Å². The number of H-pyrrole nitrogens is 1. The number of benzene rings is 1. The van der Waals surface area contributed by atoms with Gasteiger partial charge < -0.3 is 14.8 Å². The number of carbonyl (C=O) groups excluding carboxylic acids is 2. The van der Waals surface area contributed by atoms with Crippen molar-refractivity contribution in [2.45, 2.75) is 32.4 Å². The van der Waals surface area contributed by atoms with Crippen molar-refractivity contribution in [1.82, 2.24) is 30.0 Å². The number of hydrogen-bond acceptors (Lipinski definition) is 4. The van der Waals surface area contributed by atoms with E-state index in [1.165, 1.54) is 0 Å². The maximum absolute atomic E-state index is 12.5. The van der Waals surface area contributed by atoms with Crippen molar-refractivity contribution in [2.24, 2.45) is 0 Å². The second-order valence-electron chi connectivity index (χ2n) is 6.85. The van der Waals surface area contributed by atoms with Crippen LogP contribution in [0.5, 0.6) is 0 Å². The summed E-state index contributed by atoms with van der Waals surface area (Å²) in [5.74, 6) is -0.166. The molecule has 8 nitrogen and oxygen atoms in total. The van der Waals surface area contributed by atoms with Gasteiger partial charge in [-0.05, 0) is 24.6 Å². The third kappa shape index (κ3) is 3.55. The maximum atomic E-state index is 12.5. The molecule has 1 fully saturated rings. The van der Waals surface area contributed by atoms with Crippen LogP contribution in [-0.4, -0.2) is 55.6 Å². The molecule has 0 unspecified atom stereocenters. The summed E-state index contributed by atoms with van der Waals surface area (Å²) >= 11 is 0. The minimum Gasteiger partial charge on any atom is -0.346 e. The molecule has 0 bridgehead atoms. The Morgan fingerprint density at radius 2 is 2.22 bits per heavy atom. The number of nitrogens with one attached hydrogen (secondary N) is 2. The van der Waals surface area contributed by atoms with Gasteiger partial charge in [0.1, 0.15) is 5.69 Å². The summed E-state index contributed by atoms with van der Waals surface area (Å²) in [4.78, 5) is 30.5. The number of hydrogen-bond donors (Lipinski definition) is 2. The van der Waals surface area contributed by atoms with Gasteiger partial charge in [-0.25, -0.2) is 4.98 Å². The predicted molar refractivity (Wildman–Crippen MR) is 100 cm³/mol. The summed E-state index contributed by atoms with van der Waals surface area (Å²) in [7, 11) is 0. The molecular weight excluding hydrogens is 344 g/mol. The van der Waals surface area contributed by atoms with Gasteiger partial charge in [0, 0.05) is 19.5 Å². The van der Waals surface area contributed by atoms with E-state index in [1.54, 1.807) is 17.3 Å². The fourth-order valence-electron chi connectivity index (χ4n) is 3.49. The van der Waals surface area contributed by atoms with Crippen molar-refractivity contribution >= 4 is 22.8 Å². The van der Waals surface area contributed by atoms with Crippen molar-refractivity contribution in [1.29, 1.82) is 0 Å². The van der Waals surface area contributed by atoms with Crippen LogP contribution >= 0.6 is 0 Å². The van der Waals surface area contributed by atoms with E-state index in [0.29, 0.717) is 25.2 Å². The van der Waals surface area contributed by atoms with E-state index in [4.69, 9.17) is 0 Å². The molecule has 3 heterocycles. The first-order valence-corrected chi connectivity index (χ1v) is 9.17. The molecule has 4 rings (SSSR count). The summed E-state index contributed by atoms with van der Waals surface area (Å²) in [6.45, 7) is 3.88. The van der Waals surface area contributed by atoms with Gasteiger partial charge in [0.05, 0.1) is 35.6 Å². The first-order valence-electron chi connectivity index (χ1n) is 9.17. The SMILES string of the molecule is CCCN1C[C@@H](NC(=O)c2cc(Cn3cnc4ccccc43)[nH]n2)CC1=O. The van der Waals surface area contributed by atoms with Crippen LogP contribution < -0.4 is 5.32 Å². The molecule has 1 aliphatic heterocycles. The summed E-state index contributed by atoms with van der Waals surface area (Å²) in [6.07, 6.45) is 3.04. The molecule has 140 valence electrons. The molecule has 2 amide bonds. The molecular formula is C19H22N6O2. The number of aromatic amines is 1. The Balaban J connectivity index is 1.40. The summed E-state index contributed by atoms with van der Waals surface area (Å²) in [5, 5.41) is 9.95. The normalized spacial score (nSPS) is 17.0. The van der Waals surface area contributed by atoms with Crippen molar-refractivity contribution < 1.29 is 9.59 Å². The van der Waals surface area contributed by atoms with Crippen molar-refractivity contribution in [3.8, 4) is 0 Å². The van der Waals surface area contributed by atoms with Gasteiger partial charge in [0.25, 0.3) is 5.91 Å². The number of imidazole rings is 1. The topological polar surface area (TPSA) is 95.9 Å². The van der Waals surface area contributed by atoms with Crippen LogP contribution in [0.1, 0.15) is 35.9 Å². The summed E-state index contributed by atoms with van der Waals surface area (Å²) in [5.41, 5.74) is 3.10. The lowest BCUT2D eigenvalue weighted by Crippen LogP contribution is -2.37. The lowest BCUT2D eigenvalue weighted by molar-refractivity contribution is -0.127. The third-order valence-electron chi connectivity index (χ3n) is 4.77. The fraction of sp³-hybridized carbons (Fsp3) is 0.368. The van der Waals surface area contributed by atoms with Crippen LogP contribution in [0.3, 0.4) is 0 Å². The highest BCUT2D eigenvalue weighted by Crippen LogP contribution is 2.15. The maximum Gasteiger partial charge on any atom is 0.272 e. The molecule has 3 aromatic rings. The van der Waals surface area contributed by atoms with Crippen molar-refractivity contribution in [3.63, 3.8) is 0 Å². The average molecular weight is 366 g/mol. The number of carbonyl (C=O) groups is 2. The quantitative estimate of drug-likeness (QED) is 0.692. The van der Waals surface area contributed by atoms with Gasteiger partial charge in [-0.15, -0.1) is 0 Å². The molecule has 0 radical (unpaired) electrons. The first kappa shape index (κ1) is 17.3. The van der Waals surface area contributed by atoms with Crippen LogP contribution in [0.15, 0.2) is 36.7 Å². The Hall–Kier alpha value is -3.16. The van der Waals surface area contributed by atoms with Crippen molar-refractivity contribution in [2.75, 3.05) is 13.1 Å². The number of likely N-dealkylation sites (tertiary alicyclic amines) is 1. The van der Waals surface area contributed by atoms with E-state index in [9.17, 15) is 9.59 Å². The second kappa shape index (κ2) is 7.22. The van der Waals surface area contributed by atoms with Crippen LogP contribution in [0.2, 0.25) is 0 Å². The smallest absolute Gasteiger partial charge is 0.272 e. The van der Waals surface area contributed by atoms with Crippen LogP contribution in [0, 0.1) is 0 Å². The Labute approximate surface area is 156 Å². The van der Waals surface area contributed by atoms with E-state index >= 15 is 0 Å². The molecule has 2 aromatic heterocycles. The van der Waals surface area contributed by atoms with Gasteiger partial charge in [-0.3, -0.25) is 14.7 Å². The molecule has 8 heteroatoms. The highest BCUT2D eigenvalue weighted by Gasteiger charge is 2.30. The Morgan fingerprint density at radius 3 is 3.07 bits per heavy atom. The fourth-order valence-corrected chi connectivity index (χ4v) is 3.49. The minimum atomic E-state index is -0.260. The summed E-state index contributed by atoms with van der Waals surface area (Å²) < 4.78 is 2.00. The second-order valence-corrected chi connectivity index (χ2v) is 6.85. The van der Waals surface area contributed by atoms with Gasteiger partial charge in [0.2, 0.25) is 5.91 Å². The van der Waals surface area contributed by atoms with Crippen LogP contribution in [0.25, 0.3) is 11.0 Å². The molecule has 1 atom stereocenters. The molecule has 1 aromatic carbocycles. The lowest BCUT2D eigenvalue weighted by Gasteiger charge is -2.15. The highest BCUT2D eigenvalue weighted by molar-refractivity contribution is 5.93. The Kier molecular flexibility index (Phi) is 4.62. The molecule has 27 heavy (non-hydrogen) atoms. The zero-order chi connectivity index (χ0) is 18.8. The molecule has 0 aliphatic carbocycles. The zero-order valence-corrected chi connectivity index (χ0v) is 15.2. The molecule has 1 aliphatic rings. The highest BCUT2D eigenvalue weighted by atomic mass is 16.2. The van der Waals surface area contributed by atoms with Crippen LogP contribution in [-0.2, 0) is 11.3 Å². The van der Waals surface area contributed by atoms with Gasteiger partial charge in [-0.1, -0.05) is 19.1 Å². The van der Waals surface area contributed by atoms with E-state index in [1.807, 2.05) is 35.8 Å². The monoisotopic (exact) mass is 366 g/mol. The predicted octanol–water partition coefficient (Wildman–Crippen LogP) is 1.55. The standard InChI is InChI=1S/C19H22N6O2/c1-2-7-24-10-13(9-18(24)26)21-19(27)16-8-14(22-23-16)11-25-12-20-15-5-3-4-6-17(15)25/h3-6,8,12-13H,2,7,9-11H2,1H3,(H,21,27)(H,22,23)/t13-/m0/s1. The van der Waals surface area contributed by atoms with E-state index in [0.717, 1.165) is 29.7 Å². The molecule has 0 saturated carbocycles. The number of rotatable bonds is 6. The Bertz CT molecular complexity index is 975. The largest absolute Gasteiger partial charge is 0.346 e. The average Bonchev–Trinajstić information content (AvgIpc) is 3.36. The lowest BCUT2D eigenvalue weighted by atomic mass is 10.2.